The van der Waals surface area contributed by atoms with Gasteiger partial charge in [0.1, 0.15) is 5.82 Å². The zero-order valence-corrected chi connectivity index (χ0v) is 19.3. The maximum Gasteiger partial charge on any atom is 0.243 e. The van der Waals surface area contributed by atoms with E-state index in [1.807, 2.05) is 25.1 Å². The van der Waals surface area contributed by atoms with Crippen LogP contribution in [0.15, 0.2) is 53.4 Å². The van der Waals surface area contributed by atoms with Crippen LogP contribution in [0.2, 0.25) is 0 Å². The second-order valence-electron chi connectivity index (χ2n) is 8.29. The molecule has 3 aromatic rings. The molecular weight excluding hydrogens is 424 g/mol. The van der Waals surface area contributed by atoms with Crippen LogP contribution in [-0.2, 0) is 27.8 Å². The quantitative estimate of drug-likeness (QED) is 0.530. The van der Waals surface area contributed by atoms with Crippen molar-refractivity contribution in [1.29, 1.82) is 0 Å². The number of para-hydroxylation sites is 2. The highest BCUT2D eigenvalue weighted by atomic mass is 32.2. The fourth-order valence-corrected chi connectivity index (χ4v) is 5.74. The third-order valence-corrected chi connectivity index (χ3v) is 7.88. The molecule has 170 valence electrons. The lowest BCUT2D eigenvalue weighted by Gasteiger charge is -2.25. The Hall–Kier alpha value is -2.71. The van der Waals surface area contributed by atoms with Gasteiger partial charge in [-0.2, -0.15) is 4.31 Å². The summed E-state index contributed by atoms with van der Waals surface area (Å²) in [5.41, 5.74) is 2.90. The molecule has 1 amide bonds. The molecule has 1 aromatic heterocycles. The Labute approximate surface area is 189 Å². The molecule has 8 heteroatoms. The molecule has 0 unspecified atom stereocenters. The molecular formula is C24H30N4O3S. The fraction of sp³-hybridized carbons (Fsp3) is 0.417. The molecule has 0 bridgehead atoms. The smallest absolute Gasteiger partial charge is 0.243 e. The largest absolute Gasteiger partial charge is 0.356 e. The Morgan fingerprint density at radius 1 is 1.03 bits per heavy atom. The van der Waals surface area contributed by atoms with E-state index in [0.717, 1.165) is 54.6 Å². The summed E-state index contributed by atoms with van der Waals surface area (Å²) in [5, 5.41) is 2.96. The third kappa shape index (κ3) is 5.02. The van der Waals surface area contributed by atoms with Crippen molar-refractivity contribution in [2.24, 2.45) is 0 Å². The summed E-state index contributed by atoms with van der Waals surface area (Å²) in [6.45, 7) is 4.53. The number of sulfonamides is 1. The van der Waals surface area contributed by atoms with E-state index in [0.29, 0.717) is 24.5 Å². The van der Waals surface area contributed by atoms with E-state index in [1.54, 1.807) is 28.6 Å². The van der Waals surface area contributed by atoms with E-state index >= 15 is 0 Å². The Bertz CT molecular complexity index is 1180. The highest BCUT2D eigenvalue weighted by molar-refractivity contribution is 7.89. The van der Waals surface area contributed by atoms with Crippen LogP contribution >= 0.6 is 0 Å². The molecule has 0 saturated carbocycles. The van der Waals surface area contributed by atoms with E-state index in [2.05, 4.69) is 20.9 Å². The van der Waals surface area contributed by atoms with Crippen molar-refractivity contribution in [1.82, 2.24) is 19.2 Å². The number of rotatable bonds is 8. The van der Waals surface area contributed by atoms with Gasteiger partial charge in [0.2, 0.25) is 15.9 Å². The highest BCUT2D eigenvalue weighted by Crippen LogP contribution is 2.21. The number of nitrogens with zero attached hydrogens (tertiary/aromatic N) is 3. The summed E-state index contributed by atoms with van der Waals surface area (Å²) < 4.78 is 29.2. The summed E-state index contributed by atoms with van der Waals surface area (Å²) in [7, 11) is -3.44. The van der Waals surface area contributed by atoms with Gasteiger partial charge in [0.05, 0.1) is 22.3 Å². The minimum absolute atomic E-state index is 0.0659. The lowest BCUT2D eigenvalue weighted by molar-refractivity contribution is -0.120. The molecule has 4 rings (SSSR count). The molecule has 7 nitrogen and oxygen atoms in total. The van der Waals surface area contributed by atoms with Crippen molar-refractivity contribution < 1.29 is 13.2 Å². The second-order valence-corrected chi connectivity index (χ2v) is 10.2. The Morgan fingerprint density at radius 3 is 2.50 bits per heavy atom. The fourth-order valence-electron chi connectivity index (χ4n) is 4.22. The normalized spacial score (nSPS) is 15.2. The van der Waals surface area contributed by atoms with Crippen molar-refractivity contribution in [3.8, 4) is 0 Å². The van der Waals surface area contributed by atoms with Crippen molar-refractivity contribution in [3.63, 3.8) is 0 Å². The van der Waals surface area contributed by atoms with E-state index in [4.69, 9.17) is 0 Å². The number of hydrogen-bond acceptors (Lipinski definition) is 4. The molecule has 1 aliphatic heterocycles. The maximum absolute atomic E-state index is 12.7. The number of aromatic nitrogens is 2. The summed E-state index contributed by atoms with van der Waals surface area (Å²) in [6.07, 6.45) is 3.94. The van der Waals surface area contributed by atoms with E-state index < -0.39 is 10.0 Å². The molecule has 0 atom stereocenters. The van der Waals surface area contributed by atoms with Crippen molar-refractivity contribution >= 4 is 27.0 Å². The van der Waals surface area contributed by atoms with Crippen molar-refractivity contribution in [3.05, 3.63) is 59.9 Å². The van der Waals surface area contributed by atoms with Gasteiger partial charge < -0.3 is 9.88 Å². The second kappa shape index (κ2) is 9.83. The molecule has 2 aromatic carbocycles. The van der Waals surface area contributed by atoms with Crippen LogP contribution in [-0.4, -0.2) is 47.8 Å². The van der Waals surface area contributed by atoms with Gasteiger partial charge in [-0.1, -0.05) is 30.7 Å². The number of amides is 1. The van der Waals surface area contributed by atoms with Crippen molar-refractivity contribution in [2.45, 2.75) is 50.5 Å². The summed E-state index contributed by atoms with van der Waals surface area (Å²) in [6, 6.07) is 14.7. The van der Waals surface area contributed by atoms with Crippen LogP contribution in [0.4, 0.5) is 0 Å². The molecule has 1 saturated heterocycles. The van der Waals surface area contributed by atoms with Crippen LogP contribution in [0.25, 0.3) is 11.0 Å². The van der Waals surface area contributed by atoms with E-state index in [1.165, 1.54) is 0 Å². The number of carbonyl (C=O) groups excluding carboxylic acids is 1. The summed E-state index contributed by atoms with van der Waals surface area (Å²) in [4.78, 5) is 17.2. The predicted molar refractivity (Wildman–Crippen MR) is 125 cm³/mol. The Kier molecular flexibility index (Phi) is 6.91. The number of nitrogens with one attached hydrogen (secondary N) is 1. The number of fused-ring (bicyclic) bond motifs is 1. The van der Waals surface area contributed by atoms with Crippen LogP contribution in [0, 0.1) is 6.92 Å². The first kappa shape index (κ1) is 22.5. The number of aryl methyl sites for hydroxylation is 2. The first-order valence-electron chi connectivity index (χ1n) is 11.2. The van der Waals surface area contributed by atoms with E-state index in [9.17, 15) is 13.2 Å². The lowest BCUT2D eigenvalue weighted by Crippen LogP contribution is -2.35. The molecule has 1 N–H and O–H groups in total. The first-order valence-corrected chi connectivity index (χ1v) is 12.7. The summed E-state index contributed by atoms with van der Waals surface area (Å²) in [5.74, 6) is 0.904. The summed E-state index contributed by atoms with van der Waals surface area (Å²) >= 11 is 0. The molecule has 0 radical (unpaired) electrons. The number of benzene rings is 2. The SMILES string of the molecule is Cc1nc2ccccc2n1CCCNC(=O)Cc1ccc(S(=O)(=O)N2CCCCC2)cc1. The minimum atomic E-state index is -3.44. The van der Waals surface area contributed by atoms with Crippen LogP contribution < -0.4 is 5.32 Å². The number of imidazole rings is 1. The first-order chi connectivity index (χ1) is 15.4. The Balaban J connectivity index is 1.26. The average Bonchev–Trinajstić information content (AvgIpc) is 3.12. The molecule has 0 spiro atoms. The molecule has 0 aliphatic carbocycles. The van der Waals surface area contributed by atoms with Gasteiger partial charge in [0.25, 0.3) is 0 Å². The molecule has 32 heavy (non-hydrogen) atoms. The zero-order valence-electron chi connectivity index (χ0n) is 18.5. The predicted octanol–water partition coefficient (Wildman–Crippen LogP) is 3.27. The van der Waals surface area contributed by atoms with Gasteiger partial charge in [-0.05, 0) is 56.0 Å². The van der Waals surface area contributed by atoms with Crippen LogP contribution in [0.5, 0.6) is 0 Å². The van der Waals surface area contributed by atoms with Crippen molar-refractivity contribution in [2.75, 3.05) is 19.6 Å². The van der Waals surface area contributed by atoms with Gasteiger partial charge in [0, 0.05) is 26.2 Å². The lowest BCUT2D eigenvalue weighted by atomic mass is 10.1. The zero-order chi connectivity index (χ0) is 22.6. The van der Waals surface area contributed by atoms with Crippen LogP contribution in [0.3, 0.4) is 0 Å². The average molecular weight is 455 g/mol. The molecule has 2 heterocycles. The number of carbonyl (C=O) groups is 1. The number of hydrogen-bond donors (Lipinski definition) is 1. The van der Waals surface area contributed by atoms with Gasteiger partial charge >= 0.3 is 0 Å². The standard InChI is InChI=1S/C24H30N4O3S/c1-19-26-22-8-3-4-9-23(22)28(19)17-7-14-25-24(29)18-20-10-12-21(13-11-20)32(30,31)27-15-5-2-6-16-27/h3-4,8-13H,2,5-7,14-18H2,1H3,(H,25,29). The monoisotopic (exact) mass is 454 g/mol. The molecule has 1 fully saturated rings. The molecule has 1 aliphatic rings. The van der Waals surface area contributed by atoms with Gasteiger partial charge in [-0.15, -0.1) is 0 Å². The van der Waals surface area contributed by atoms with Gasteiger partial charge in [-0.3, -0.25) is 4.79 Å². The topological polar surface area (TPSA) is 84.3 Å². The van der Waals surface area contributed by atoms with Gasteiger partial charge in [-0.25, -0.2) is 13.4 Å². The Morgan fingerprint density at radius 2 is 1.75 bits per heavy atom. The number of piperidine rings is 1. The van der Waals surface area contributed by atoms with Gasteiger partial charge in [0.15, 0.2) is 0 Å². The third-order valence-electron chi connectivity index (χ3n) is 5.97. The maximum atomic E-state index is 12.7. The minimum Gasteiger partial charge on any atom is -0.356 e. The van der Waals surface area contributed by atoms with E-state index in [-0.39, 0.29) is 12.3 Å². The highest BCUT2D eigenvalue weighted by Gasteiger charge is 2.25. The van der Waals surface area contributed by atoms with Crippen LogP contribution in [0.1, 0.15) is 37.1 Å².